The summed E-state index contributed by atoms with van der Waals surface area (Å²) in [5.41, 5.74) is 0.672. The molecule has 1 amide bonds. The minimum absolute atomic E-state index is 0.0107. The molecule has 1 heterocycles. The number of rotatable bonds is 3. The fraction of sp³-hybridized carbons (Fsp3) is 0.417. The van der Waals surface area contributed by atoms with E-state index in [1.807, 2.05) is 0 Å². The summed E-state index contributed by atoms with van der Waals surface area (Å²) in [6.07, 6.45) is 0.464. The molecule has 2 N–H and O–H groups in total. The van der Waals surface area contributed by atoms with Gasteiger partial charge in [-0.3, -0.25) is 4.79 Å². The van der Waals surface area contributed by atoms with Gasteiger partial charge in [-0.15, -0.1) is 0 Å². The Balaban J connectivity index is 2.13. The van der Waals surface area contributed by atoms with Crippen molar-refractivity contribution in [2.45, 2.75) is 19.4 Å². The maximum Gasteiger partial charge on any atom is 0.221 e. The molecule has 0 bridgehead atoms. The van der Waals surface area contributed by atoms with Crippen LogP contribution in [0.4, 0.5) is 15.8 Å². The van der Waals surface area contributed by atoms with E-state index in [0.717, 1.165) is 0 Å². The molecule has 1 aromatic carbocycles. The first-order valence-corrected chi connectivity index (χ1v) is 7.72. The van der Waals surface area contributed by atoms with E-state index in [9.17, 15) is 17.6 Å². The summed E-state index contributed by atoms with van der Waals surface area (Å²) < 4.78 is 36.3. The number of carbonyl (C=O) groups is 1. The van der Waals surface area contributed by atoms with E-state index in [2.05, 4.69) is 10.6 Å². The monoisotopic (exact) mass is 286 g/mol. The molecule has 1 saturated heterocycles. The highest BCUT2D eigenvalue weighted by Gasteiger charge is 2.28. The lowest BCUT2D eigenvalue weighted by Crippen LogP contribution is -2.21. The van der Waals surface area contributed by atoms with Crippen molar-refractivity contribution in [2.24, 2.45) is 0 Å². The predicted octanol–water partition coefficient (Wildman–Crippen LogP) is 1.38. The molecule has 0 aliphatic carbocycles. The van der Waals surface area contributed by atoms with Crippen LogP contribution in [0.3, 0.4) is 0 Å². The Bertz CT molecular complexity index is 601. The van der Waals surface area contributed by atoms with Crippen molar-refractivity contribution in [3.8, 4) is 0 Å². The topological polar surface area (TPSA) is 75.3 Å². The highest BCUT2D eigenvalue weighted by atomic mass is 32.2. The lowest BCUT2D eigenvalue weighted by atomic mass is 10.2. The standard InChI is InChI=1S/C12H15FN2O3S/c1-8(16)14-9-2-3-11(13)12(6-9)15-10-4-5-19(17,18)7-10/h2-3,6,10,15H,4-5,7H2,1H3,(H,14,16). The number of hydrogen-bond donors (Lipinski definition) is 2. The number of halogens is 1. The lowest BCUT2D eigenvalue weighted by Gasteiger charge is -2.14. The van der Waals surface area contributed by atoms with Crippen molar-refractivity contribution in [2.75, 3.05) is 22.1 Å². The molecule has 0 spiro atoms. The van der Waals surface area contributed by atoms with Crippen LogP contribution in [0.25, 0.3) is 0 Å². The van der Waals surface area contributed by atoms with Crippen LogP contribution in [-0.4, -0.2) is 31.9 Å². The van der Waals surface area contributed by atoms with Gasteiger partial charge >= 0.3 is 0 Å². The van der Waals surface area contributed by atoms with Crippen LogP contribution in [0.5, 0.6) is 0 Å². The lowest BCUT2D eigenvalue weighted by molar-refractivity contribution is -0.114. The molecule has 1 fully saturated rings. The van der Waals surface area contributed by atoms with Crippen LogP contribution in [0.2, 0.25) is 0 Å². The summed E-state index contributed by atoms with van der Waals surface area (Å²) >= 11 is 0. The Labute approximate surface area is 111 Å². The van der Waals surface area contributed by atoms with Crippen LogP contribution in [-0.2, 0) is 14.6 Å². The Morgan fingerprint density at radius 1 is 1.42 bits per heavy atom. The molecule has 0 radical (unpaired) electrons. The second-order valence-corrected chi connectivity index (χ2v) is 6.85. The number of nitrogens with one attached hydrogen (secondary N) is 2. The van der Waals surface area contributed by atoms with Crippen molar-refractivity contribution < 1.29 is 17.6 Å². The van der Waals surface area contributed by atoms with Gasteiger partial charge in [-0.05, 0) is 24.6 Å². The number of sulfone groups is 1. The molecule has 7 heteroatoms. The van der Waals surface area contributed by atoms with Gasteiger partial charge in [0.2, 0.25) is 5.91 Å². The van der Waals surface area contributed by atoms with Crippen molar-refractivity contribution >= 4 is 27.1 Å². The largest absolute Gasteiger partial charge is 0.379 e. The van der Waals surface area contributed by atoms with E-state index in [0.29, 0.717) is 12.1 Å². The van der Waals surface area contributed by atoms with Gasteiger partial charge < -0.3 is 10.6 Å². The van der Waals surface area contributed by atoms with Crippen LogP contribution < -0.4 is 10.6 Å². The van der Waals surface area contributed by atoms with Crippen molar-refractivity contribution in [1.82, 2.24) is 0 Å². The quantitative estimate of drug-likeness (QED) is 0.880. The van der Waals surface area contributed by atoms with Gasteiger partial charge in [0.15, 0.2) is 9.84 Å². The third-order valence-corrected chi connectivity index (χ3v) is 4.65. The predicted molar refractivity (Wildman–Crippen MR) is 71.4 cm³/mol. The summed E-state index contributed by atoms with van der Waals surface area (Å²) in [6, 6.07) is 3.86. The summed E-state index contributed by atoms with van der Waals surface area (Å²) in [7, 11) is -3.01. The summed E-state index contributed by atoms with van der Waals surface area (Å²) in [5, 5.41) is 5.42. The average molecular weight is 286 g/mol. The maximum atomic E-state index is 13.6. The fourth-order valence-electron chi connectivity index (χ4n) is 2.05. The molecule has 1 unspecified atom stereocenters. The second-order valence-electron chi connectivity index (χ2n) is 4.62. The molecule has 1 aliphatic heterocycles. The molecule has 2 rings (SSSR count). The zero-order valence-corrected chi connectivity index (χ0v) is 11.3. The smallest absolute Gasteiger partial charge is 0.221 e. The van der Waals surface area contributed by atoms with Crippen LogP contribution >= 0.6 is 0 Å². The van der Waals surface area contributed by atoms with E-state index >= 15 is 0 Å². The SMILES string of the molecule is CC(=O)Nc1ccc(F)c(NC2CCS(=O)(=O)C2)c1. The first-order chi connectivity index (χ1) is 8.85. The van der Waals surface area contributed by atoms with E-state index in [4.69, 9.17) is 0 Å². The van der Waals surface area contributed by atoms with Crippen LogP contribution in [0, 0.1) is 5.82 Å². The molecule has 0 saturated carbocycles. The summed E-state index contributed by atoms with van der Waals surface area (Å²) in [5.74, 6) is -0.589. The Morgan fingerprint density at radius 3 is 2.74 bits per heavy atom. The molecule has 5 nitrogen and oxygen atoms in total. The number of hydrogen-bond acceptors (Lipinski definition) is 4. The van der Waals surface area contributed by atoms with E-state index in [1.54, 1.807) is 0 Å². The third-order valence-electron chi connectivity index (χ3n) is 2.88. The van der Waals surface area contributed by atoms with Gasteiger partial charge in [0.25, 0.3) is 0 Å². The average Bonchev–Trinajstić information content (AvgIpc) is 2.62. The molecule has 1 atom stereocenters. The molecule has 1 aromatic rings. The van der Waals surface area contributed by atoms with Crippen molar-refractivity contribution in [3.63, 3.8) is 0 Å². The molecule has 0 aromatic heterocycles. The first kappa shape index (κ1) is 13.8. The van der Waals surface area contributed by atoms with Gasteiger partial charge in [-0.1, -0.05) is 0 Å². The zero-order valence-electron chi connectivity index (χ0n) is 10.4. The van der Waals surface area contributed by atoms with E-state index in [1.165, 1.54) is 25.1 Å². The second kappa shape index (κ2) is 5.16. The Hall–Kier alpha value is -1.63. The molecular weight excluding hydrogens is 271 g/mol. The van der Waals surface area contributed by atoms with Crippen LogP contribution in [0.1, 0.15) is 13.3 Å². The maximum absolute atomic E-state index is 13.6. The van der Waals surface area contributed by atoms with Gasteiger partial charge in [-0.2, -0.15) is 0 Å². The normalized spacial score (nSPS) is 21.1. The van der Waals surface area contributed by atoms with Crippen molar-refractivity contribution in [3.05, 3.63) is 24.0 Å². The third kappa shape index (κ3) is 3.66. The highest BCUT2D eigenvalue weighted by Crippen LogP contribution is 2.23. The van der Waals surface area contributed by atoms with Gasteiger partial charge in [0, 0.05) is 18.7 Å². The Morgan fingerprint density at radius 2 is 2.16 bits per heavy atom. The molecular formula is C12H15FN2O3S. The zero-order chi connectivity index (χ0) is 14.0. The molecule has 19 heavy (non-hydrogen) atoms. The first-order valence-electron chi connectivity index (χ1n) is 5.90. The number of amides is 1. The number of anilines is 2. The summed E-state index contributed by atoms with van der Waals surface area (Å²) in [6.45, 7) is 1.36. The van der Waals surface area contributed by atoms with E-state index < -0.39 is 15.7 Å². The number of benzene rings is 1. The highest BCUT2D eigenvalue weighted by molar-refractivity contribution is 7.91. The minimum Gasteiger partial charge on any atom is -0.379 e. The molecule has 104 valence electrons. The summed E-state index contributed by atoms with van der Waals surface area (Å²) in [4.78, 5) is 10.9. The molecule has 1 aliphatic rings. The van der Waals surface area contributed by atoms with Gasteiger partial charge in [0.1, 0.15) is 5.82 Å². The minimum atomic E-state index is -3.01. The van der Waals surface area contributed by atoms with Crippen LogP contribution in [0.15, 0.2) is 18.2 Å². The van der Waals surface area contributed by atoms with Gasteiger partial charge in [-0.25, -0.2) is 12.8 Å². The fourth-order valence-corrected chi connectivity index (χ4v) is 3.72. The van der Waals surface area contributed by atoms with Crippen molar-refractivity contribution in [1.29, 1.82) is 0 Å². The number of carbonyl (C=O) groups excluding carboxylic acids is 1. The van der Waals surface area contributed by atoms with Gasteiger partial charge in [0.05, 0.1) is 17.2 Å². The van der Waals surface area contributed by atoms with E-state index in [-0.39, 0.29) is 29.1 Å². The Kier molecular flexibility index (Phi) is 3.75.